The van der Waals surface area contributed by atoms with E-state index in [0.717, 1.165) is 17.0 Å². The Balaban J connectivity index is 1.72. The lowest BCUT2D eigenvalue weighted by Crippen LogP contribution is -2.18. The maximum absolute atomic E-state index is 12.8. The molecule has 0 fully saturated rings. The summed E-state index contributed by atoms with van der Waals surface area (Å²) in [6.07, 6.45) is 1.20. The van der Waals surface area contributed by atoms with Crippen LogP contribution in [0.1, 0.15) is 70.8 Å². The summed E-state index contributed by atoms with van der Waals surface area (Å²) in [6, 6.07) is 7.88. The third-order valence-corrected chi connectivity index (χ3v) is 5.12. The normalized spacial score (nSPS) is 16.0. The van der Waals surface area contributed by atoms with Gasteiger partial charge in [0, 0.05) is 17.7 Å². The zero-order chi connectivity index (χ0) is 21.0. The van der Waals surface area contributed by atoms with Gasteiger partial charge in [0.15, 0.2) is 5.78 Å². The summed E-state index contributed by atoms with van der Waals surface area (Å²) in [7, 11) is 0. The first-order valence-corrected chi connectivity index (χ1v) is 10.2. The molecule has 0 spiro atoms. The summed E-state index contributed by atoms with van der Waals surface area (Å²) in [5.74, 6) is 0.504. The number of H-pyrrole nitrogens is 1. The molecule has 0 aliphatic heterocycles. The van der Waals surface area contributed by atoms with Gasteiger partial charge in [0.2, 0.25) is 0 Å². The van der Waals surface area contributed by atoms with Gasteiger partial charge in [0.25, 0.3) is 0 Å². The first-order chi connectivity index (χ1) is 13.9. The molecule has 0 bridgehead atoms. The fraction of sp³-hybridized carbons (Fsp3) is 0.478. The third kappa shape index (κ3) is 4.88. The van der Waals surface area contributed by atoms with Crippen LogP contribution in [0.4, 0.5) is 0 Å². The van der Waals surface area contributed by atoms with E-state index in [0.29, 0.717) is 42.9 Å². The molecule has 1 aromatic heterocycles. The first-order valence-electron chi connectivity index (χ1n) is 10.2. The number of carbonyl (C=O) groups excluding carboxylic acids is 2. The molecule has 2 aromatic rings. The molecule has 29 heavy (non-hydrogen) atoms. The van der Waals surface area contributed by atoms with Crippen molar-refractivity contribution in [2.75, 3.05) is 19.8 Å². The van der Waals surface area contributed by atoms with Crippen LogP contribution in [0.3, 0.4) is 0 Å². The summed E-state index contributed by atoms with van der Waals surface area (Å²) < 4.78 is 16.2. The number of Topliss-reactive ketones (excluding diaryl/α,β-unsaturated/α-hetero) is 1. The Hall–Kier alpha value is -2.60. The molecule has 1 heterocycles. The minimum atomic E-state index is -0.449. The predicted octanol–water partition coefficient (Wildman–Crippen LogP) is 4.22. The van der Waals surface area contributed by atoms with Crippen molar-refractivity contribution < 1.29 is 23.8 Å². The van der Waals surface area contributed by atoms with E-state index in [-0.39, 0.29) is 24.4 Å². The van der Waals surface area contributed by atoms with Crippen LogP contribution in [0.25, 0.3) is 0 Å². The standard InChI is InChI=1S/C23H29NO5/c1-5-27-18-8-6-16(7-9-18)17-12-19-21(20(25)13-17)15(4)22(24-19)23(26)29-11-10-28-14(2)3/h6-9,14,17,24H,5,10-13H2,1-4H3/t17-/m1/s1. The van der Waals surface area contributed by atoms with Crippen LogP contribution < -0.4 is 4.74 Å². The van der Waals surface area contributed by atoms with E-state index in [2.05, 4.69) is 4.98 Å². The Morgan fingerprint density at radius 1 is 1.17 bits per heavy atom. The van der Waals surface area contributed by atoms with Gasteiger partial charge >= 0.3 is 5.97 Å². The van der Waals surface area contributed by atoms with E-state index in [9.17, 15) is 9.59 Å². The predicted molar refractivity (Wildman–Crippen MR) is 110 cm³/mol. The summed E-state index contributed by atoms with van der Waals surface area (Å²) in [5, 5.41) is 0. The van der Waals surface area contributed by atoms with E-state index >= 15 is 0 Å². The SMILES string of the molecule is CCOc1ccc([C@H]2CC(=O)c3c([nH]c(C(=O)OCCOC(C)C)c3C)C2)cc1. The van der Waals surface area contributed by atoms with Crippen molar-refractivity contribution in [1.82, 2.24) is 4.98 Å². The van der Waals surface area contributed by atoms with Gasteiger partial charge in [-0.15, -0.1) is 0 Å². The second kappa shape index (κ2) is 9.27. The lowest BCUT2D eigenvalue weighted by molar-refractivity contribution is 0.0172. The zero-order valence-corrected chi connectivity index (χ0v) is 17.5. The van der Waals surface area contributed by atoms with Crippen molar-refractivity contribution in [3.8, 4) is 5.75 Å². The third-order valence-electron chi connectivity index (χ3n) is 5.12. The molecule has 1 aliphatic rings. The summed E-state index contributed by atoms with van der Waals surface area (Å²) >= 11 is 0. The minimum absolute atomic E-state index is 0.0566. The second-order valence-electron chi connectivity index (χ2n) is 7.56. The molecule has 1 N–H and O–H groups in total. The van der Waals surface area contributed by atoms with Crippen molar-refractivity contribution in [2.24, 2.45) is 0 Å². The Kier molecular flexibility index (Phi) is 6.75. The first kappa shape index (κ1) is 21.1. The number of ether oxygens (including phenoxy) is 3. The average molecular weight is 399 g/mol. The Morgan fingerprint density at radius 3 is 2.55 bits per heavy atom. The zero-order valence-electron chi connectivity index (χ0n) is 17.5. The van der Waals surface area contributed by atoms with Gasteiger partial charge in [0.05, 0.1) is 19.3 Å². The molecule has 0 unspecified atom stereocenters. The van der Waals surface area contributed by atoms with Gasteiger partial charge < -0.3 is 19.2 Å². The molecule has 6 heteroatoms. The highest BCUT2D eigenvalue weighted by Gasteiger charge is 2.32. The minimum Gasteiger partial charge on any atom is -0.494 e. The summed E-state index contributed by atoms with van der Waals surface area (Å²) in [4.78, 5) is 28.4. The van der Waals surface area contributed by atoms with Gasteiger partial charge in [-0.1, -0.05) is 12.1 Å². The van der Waals surface area contributed by atoms with Crippen LogP contribution in [-0.2, 0) is 15.9 Å². The highest BCUT2D eigenvalue weighted by Crippen LogP contribution is 2.35. The second-order valence-corrected chi connectivity index (χ2v) is 7.56. The molecule has 0 saturated heterocycles. The van der Waals surface area contributed by atoms with Crippen molar-refractivity contribution in [2.45, 2.75) is 52.6 Å². The summed E-state index contributed by atoms with van der Waals surface area (Å²) in [5.41, 5.74) is 3.57. The van der Waals surface area contributed by atoms with Gasteiger partial charge in [-0.3, -0.25) is 4.79 Å². The molecule has 156 valence electrons. The lowest BCUT2D eigenvalue weighted by atomic mass is 9.81. The number of ketones is 1. The number of hydrogen-bond donors (Lipinski definition) is 1. The number of esters is 1. The molecule has 3 rings (SSSR count). The number of aromatic nitrogens is 1. The van der Waals surface area contributed by atoms with Gasteiger partial charge in [0.1, 0.15) is 18.1 Å². The highest BCUT2D eigenvalue weighted by atomic mass is 16.6. The van der Waals surface area contributed by atoms with E-state index in [4.69, 9.17) is 14.2 Å². The molecule has 0 radical (unpaired) electrons. The Bertz CT molecular complexity index is 866. The largest absolute Gasteiger partial charge is 0.494 e. The van der Waals surface area contributed by atoms with Crippen molar-refractivity contribution >= 4 is 11.8 Å². The number of carbonyl (C=O) groups is 2. The number of rotatable bonds is 8. The highest BCUT2D eigenvalue weighted by molar-refractivity contribution is 6.03. The van der Waals surface area contributed by atoms with E-state index in [1.807, 2.05) is 45.0 Å². The molecular formula is C23H29NO5. The van der Waals surface area contributed by atoms with Crippen molar-refractivity contribution in [1.29, 1.82) is 0 Å². The molecule has 1 aromatic carbocycles. The van der Waals surface area contributed by atoms with Gasteiger partial charge in [-0.25, -0.2) is 4.79 Å². The van der Waals surface area contributed by atoms with Crippen LogP contribution in [0.2, 0.25) is 0 Å². The maximum Gasteiger partial charge on any atom is 0.355 e. The van der Waals surface area contributed by atoms with Crippen LogP contribution in [0.15, 0.2) is 24.3 Å². The number of benzene rings is 1. The smallest absolute Gasteiger partial charge is 0.355 e. The molecule has 1 aliphatic carbocycles. The van der Waals surface area contributed by atoms with E-state index < -0.39 is 5.97 Å². The average Bonchev–Trinajstić information content (AvgIpc) is 3.03. The van der Waals surface area contributed by atoms with Crippen LogP contribution >= 0.6 is 0 Å². The topological polar surface area (TPSA) is 77.6 Å². The molecule has 0 amide bonds. The molecular weight excluding hydrogens is 370 g/mol. The number of fused-ring (bicyclic) bond motifs is 1. The number of aromatic amines is 1. The summed E-state index contributed by atoms with van der Waals surface area (Å²) in [6.45, 7) is 8.75. The monoisotopic (exact) mass is 399 g/mol. The van der Waals surface area contributed by atoms with Crippen LogP contribution in [0.5, 0.6) is 5.75 Å². The van der Waals surface area contributed by atoms with E-state index in [1.54, 1.807) is 6.92 Å². The quantitative estimate of drug-likeness (QED) is 0.531. The Morgan fingerprint density at radius 2 is 1.90 bits per heavy atom. The van der Waals surface area contributed by atoms with Gasteiger partial charge in [-0.2, -0.15) is 0 Å². The van der Waals surface area contributed by atoms with Crippen molar-refractivity contribution in [3.05, 3.63) is 52.3 Å². The fourth-order valence-electron chi connectivity index (χ4n) is 3.77. The van der Waals surface area contributed by atoms with Crippen LogP contribution in [-0.4, -0.2) is 42.7 Å². The maximum atomic E-state index is 12.8. The molecule has 6 nitrogen and oxygen atoms in total. The van der Waals surface area contributed by atoms with Crippen molar-refractivity contribution in [3.63, 3.8) is 0 Å². The fourth-order valence-corrected chi connectivity index (χ4v) is 3.77. The number of hydrogen-bond acceptors (Lipinski definition) is 5. The molecule has 1 atom stereocenters. The molecule has 0 saturated carbocycles. The number of nitrogens with one attached hydrogen (secondary N) is 1. The van der Waals surface area contributed by atoms with Crippen LogP contribution in [0, 0.1) is 6.92 Å². The van der Waals surface area contributed by atoms with E-state index in [1.165, 1.54) is 0 Å². The Labute approximate surface area is 171 Å². The van der Waals surface area contributed by atoms with Gasteiger partial charge in [-0.05, 0) is 63.3 Å². The lowest BCUT2D eigenvalue weighted by Gasteiger charge is -2.22.